The SMILES string of the molecule is O=C(Nc1cccc(CNC(=O)c2c(F)cccc2F)c1)c1ccco1. The summed E-state index contributed by atoms with van der Waals surface area (Å²) in [6, 6.07) is 13.0. The molecule has 0 aliphatic carbocycles. The van der Waals surface area contributed by atoms with E-state index in [9.17, 15) is 18.4 Å². The minimum Gasteiger partial charge on any atom is -0.459 e. The highest BCUT2D eigenvalue weighted by Gasteiger charge is 2.16. The van der Waals surface area contributed by atoms with Crippen molar-refractivity contribution in [3.63, 3.8) is 0 Å². The molecule has 0 radical (unpaired) electrons. The van der Waals surface area contributed by atoms with Crippen LogP contribution in [0, 0.1) is 11.6 Å². The molecule has 0 fully saturated rings. The van der Waals surface area contributed by atoms with Crippen LogP contribution in [0.3, 0.4) is 0 Å². The molecule has 3 rings (SSSR count). The van der Waals surface area contributed by atoms with Crippen LogP contribution in [-0.4, -0.2) is 11.8 Å². The third-order valence-corrected chi connectivity index (χ3v) is 3.57. The van der Waals surface area contributed by atoms with E-state index in [1.165, 1.54) is 18.4 Å². The van der Waals surface area contributed by atoms with Crippen molar-refractivity contribution in [3.8, 4) is 0 Å². The van der Waals surface area contributed by atoms with Gasteiger partial charge in [-0.25, -0.2) is 8.78 Å². The first-order chi connectivity index (χ1) is 12.5. The maximum absolute atomic E-state index is 13.6. The van der Waals surface area contributed by atoms with E-state index in [1.54, 1.807) is 30.3 Å². The molecule has 1 aromatic heterocycles. The Bertz CT molecular complexity index is 919. The van der Waals surface area contributed by atoms with Gasteiger partial charge in [0.25, 0.3) is 11.8 Å². The van der Waals surface area contributed by atoms with Gasteiger partial charge in [-0.2, -0.15) is 0 Å². The molecule has 26 heavy (non-hydrogen) atoms. The van der Waals surface area contributed by atoms with Crippen molar-refractivity contribution in [2.75, 3.05) is 5.32 Å². The number of carbonyl (C=O) groups excluding carboxylic acids is 2. The lowest BCUT2D eigenvalue weighted by Crippen LogP contribution is -2.25. The molecule has 3 aromatic rings. The zero-order chi connectivity index (χ0) is 18.5. The Morgan fingerprint density at radius 3 is 2.35 bits per heavy atom. The number of rotatable bonds is 5. The second-order valence-corrected chi connectivity index (χ2v) is 5.41. The maximum atomic E-state index is 13.6. The molecule has 0 unspecified atom stereocenters. The number of furan rings is 1. The van der Waals surface area contributed by atoms with Crippen molar-refractivity contribution in [2.45, 2.75) is 6.54 Å². The Morgan fingerprint density at radius 1 is 0.923 bits per heavy atom. The maximum Gasteiger partial charge on any atom is 0.291 e. The molecular formula is C19H14F2N2O3. The van der Waals surface area contributed by atoms with Gasteiger partial charge in [0.15, 0.2) is 5.76 Å². The third kappa shape index (κ3) is 3.94. The Hall–Kier alpha value is -3.48. The number of amides is 2. The van der Waals surface area contributed by atoms with E-state index >= 15 is 0 Å². The highest BCUT2D eigenvalue weighted by Crippen LogP contribution is 2.14. The molecule has 7 heteroatoms. The third-order valence-electron chi connectivity index (χ3n) is 3.57. The highest BCUT2D eigenvalue weighted by atomic mass is 19.1. The summed E-state index contributed by atoms with van der Waals surface area (Å²) in [4.78, 5) is 24.0. The smallest absolute Gasteiger partial charge is 0.291 e. The molecule has 5 nitrogen and oxygen atoms in total. The van der Waals surface area contributed by atoms with Crippen LogP contribution in [0.25, 0.3) is 0 Å². The lowest BCUT2D eigenvalue weighted by Gasteiger charge is -2.09. The quantitative estimate of drug-likeness (QED) is 0.732. The van der Waals surface area contributed by atoms with Crippen LogP contribution in [0.1, 0.15) is 26.5 Å². The van der Waals surface area contributed by atoms with Crippen LogP contribution in [-0.2, 0) is 6.54 Å². The predicted octanol–water partition coefficient (Wildman–Crippen LogP) is 3.74. The first-order valence-corrected chi connectivity index (χ1v) is 7.70. The fraction of sp³-hybridized carbons (Fsp3) is 0.0526. The lowest BCUT2D eigenvalue weighted by atomic mass is 10.1. The van der Waals surface area contributed by atoms with E-state index in [1.807, 2.05) is 0 Å². The second kappa shape index (κ2) is 7.60. The van der Waals surface area contributed by atoms with E-state index < -0.39 is 29.0 Å². The van der Waals surface area contributed by atoms with Gasteiger partial charge in [-0.3, -0.25) is 9.59 Å². The second-order valence-electron chi connectivity index (χ2n) is 5.41. The number of nitrogens with one attached hydrogen (secondary N) is 2. The van der Waals surface area contributed by atoms with Gasteiger partial charge in [-0.15, -0.1) is 0 Å². The van der Waals surface area contributed by atoms with Gasteiger partial charge < -0.3 is 15.1 Å². The summed E-state index contributed by atoms with van der Waals surface area (Å²) in [6.45, 7) is 0.0388. The summed E-state index contributed by atoms with van der Waals surface area (Å²) < 4.78 is 32.2. The van der Waals surface area contributed by atoms with E-state index in [0.29, 0.717) is 11.3 Å². The Balaban J connectivity index is 1.65. The van der Waals surface area contributed by atoms with Crippen LogP contribution in [0.5, 0.6) is 0 Å². The van der Waals surface area contributed by atoms with Crippen LogP contribution in [0.2, 0.25) is 0 Å². The van der Waals surface area contributed by atoms with E-state index in [-0.39, 0.29) is 12.3 Å². The average molecular weight is 356 g/mol. The summed E-state index contributed by atoms with van der Waals surface area (Å²) in [5, 5.41) is 5.11. The van der Waals surface area contributed by atoms with E-state index in [4.69, 9.17) is 4.42 Å². The van der Waals surface area contributed by atoms with Crippen LogP contribution in [0.15, 0.2) is 65.3 Å². The number of carbonyl (C=O) groups is 2. The summed E-state index contributed by atoms with van der Waals surface area (Å²) in [7, 11) is 0. The van der Waals surface area contributed by atoms with Gasteiger partial charge in [0.05, 0.1) is 6.26 Å². The number of hydrogen-bond acceptors (Lipinski definition) is 3. The standard InChI is InChI=1S/C19H14F2N2O3/c20-14-6-2-7-15(21)17(14)19(25)22-11-12-4-1-5-13(10-12)23-18(24)16-8-3-9-26-16/h1-10H,11H2,(H,22,25)(H,23,24). The van der Waals surface area contributed by atoms with Gasteiger partial charge in [0, 0.05) is 12.2 Å². The fourth-order valence-corrected chi connectivity index (χ4v) is 2.34. The zero-order valence-electron chi connectivity index (χ0n) is 13.5. The minimum absolute atomic E-state index is 0.0388. The van der Waals surface area contributed by atoms with Crippen molar-refractivity contribution in [2.24, 2.45) is 0 Å². The van der Waals surface area contributed by atoms with E-state index in [0.717, 1.165) is 12.1 Å². The first-order valence-electron chi connectivity index (χ1n) is 7.70. The number of anilines is 1. The molecule has 0 saturated carbocycles. The summed E-state index contributed by atoms with van der Waals surface area (Å²) in [6.07, 6.45) is 1.39. The minimum atomic E-state index is -0.929. The van der Waals surface area contributed by atoms with Crippen LogP contribution in [0.4, 0.5) is 14.5 Å². The number of halogens is 2. The molecule has 2 amide bonds. The first kappa shape index (κ1) is 17.3. The lowest BCUT2D eigenvalue weighted by molar-refractivity contribution is 0.0941. The van der Waals surface area contributed by atoms with Gasteiger partial charge in [0.1, 0.15) is 17.2 Å². The largest absolute Gasteiger partial charge is 0.459 e. The molecule has 0 bridgehead atoms. The van der Waals surface area contributed by atoms with Gasteiger partial charge in [0.2, 0.25) is 0 Å². The molecule has 0 spiro atoms. The topological polar surface area (TPSA) is 71.3 Å². The molecule has 2 N–H and O–H groups in total. The predicted molar refractivity (Wildman–Crippen MR) is 90.6 cm³/mol. The normalized spacial score (nSPS) is 10.4. The van der Waals surface area contributed by atoms with Crippen molar-refractivity contribution in [3.05, 3.63) is 89.4 Å². The average Bonchev–Trinajstić information content (AvgIpc) is 3.15. The molecule has 0 saturated heterocycles. The number of hydrogen-bond donors (Lipinski definition) is 2. The molecule has 0 aliphatic rings. The molecule has 1 heterocycles. The van der Waals surface area contributed by atoms with Crippen molar-refractivity contribution >= 4 is 17.5 Å². The Labute approximate surface area is 147 Å². The Kier molecular flexibility index (Phi) is 5.07. The fourth-order valence-electron chi connectivity index (χ4n) is 2.34. The van der Waals surface area contributed by atoms with Crippen LogP contribution < -0.4 is 10.6 Å². The molecular weight excluding hydrogens is 342 g/mol. The van der Waals surface area contributed by atoms with Crippen molar-refractivity contribution in [1.82, 2.24) is 5.32 Å². The molecule has 0 aliphatic heterocycles. The Morgan fingerprint density at radius 2 is 1.65 bits per heavy atom. The summed E-state index contributed by atoms with van der Waals surface area (Å²) >= 11 is 0. The molecule has 2 aromatic carbocycles. The van der Waals surface area contributed by atoms with Crippen molar-refractivity contribution < 1.29 is 22.8 Å². The molecule has 0 atom stereocenters. The number of benzene rings is 2. The van der Waals surface area contributed by atoms with Crippen molar-refractivity contribution in [1.29, 1.82) is 0 Å². The van der Waals surface area contributed by atoms with Gasteiger partial charge in [-0.1, -0.05) is 18.2 Å². The highest BCUT2D eigenvalue weighted by molar-refractivity contribution is 6.02. The van der Waals surface area contributed by atoms with Crippen LogP contribution >= 0.6 is 0 Å². The summed E-state index contributed by atoms with van der Waals surface area (Å²) in [5.74, 6) is -2.96. The zero-order valence-corrected chi connectivity index (χ0v) is 13.5. The van der Waals surface area contributed by atoms with E-state index in [2.05, 4.69) is 10.6 Å². The monoisotopic (exact) mass is 356 g/mol. The van der Waals surface area contributed by atoms with Gasteiger partial charge >= 0.3 is 0 Å². The molecule has 132 valence electrons. The summed E-state index contributed by atoms with van der Waals surface area (Å²) in [5.41, 5.74) is 0.511. The van der Waals surface area contributed by atoms with Gasteiger partial charge in [-0.05, 0) is 42.0 Å².